The molecule has 4 nitrogen and oxygen atoms in total. The average Bonchev–Trinajstić information content (AvgIpc) is 2.68. The first-order valence-electron chi connectivity index (χ1n) is 5.75. The summed E-state index contributed by atoms with van der Waals surface area (Å²) in [5.74, 6) is 2.49. The van der Waals surface area contributed by atoms with Crippen molar-refractivity contribution < 1.29 is 0 Å². The third kappa shape index (κ3) is 2.78. The summed E-state index contributed by atoms with van der Waals surface area (Å²) in [6, 6.07) is 0. The van der Waals surface area contributed by atoms with E-state index in [2.05, 4.69) is 15.2 Å². The van der Waals surface area contributed by atoms with E-state index < -0.39 is 0 Å². The lowest BCUT2D eigenvalue weighted by molar-refractivity contribution is 0.503. The van der Waals surface area contributed by atoms with Crippen LogP contribution in [0.3, 0.4) is 0 Å². The molecule has 0 radical (unpaired) electrons. The Bertz CT molecular complexity index is 318. The predicted octanol–water partition coefficient (Wildman–Crippen LogP) is 1.74. The smallest absolute Gasteiger partial charge is 0.153 e. The molecule has 1 heterocycles. The van der Waals surface area contributed by atoms with E-state index >= 15 is 0 Å². The van der Waals surface area contributed by atoms with Crippen molar-refractivity contribution in [3.63, 3.8) is 0 Å². The average molecular weight is 208 g/mol. The number of aromatic nitrogens is 3. The van der Waals surface area contributed by atoms with Crippen LogP contribution in [-0.4, -0.2) is 20.7 Å². The Morgan fingerprint density at radius 1 is 1.40 bits per heavy atom. The second-order valence-electron chi connectivity index (χ2n) is 5.29. The topological polar surface area (TPSA) is 67.6 Å². The van der Waals surface area contributed by atoms with Gasteiger partial charge in [-0.05, 0) is 26.7 Å². The van der Waals surface area contributed by atoms with Crippen LogP contribution in [0.1, 0.15) is 57.1 Å². The maximum atomic E-state index is 5.94. The van der Waals surface area contributed by atoms with Gasteiger partial charge in [-0.15, -0.1) is 0 Å². The Hall–Kier alpha value is -0.900. The van der Waals surface area contributed by atoms with Crippen LogP contribution >= 0.6 is 0 Å². The lowest BCUT2D eigenvalue weighted by Crippen LogP contribution is -2.34. The highest BCUT2D eigenvalue weighted by Gasteiger charge is 2.22. The van der Waals surface area contributed by atoms with Gasteiger partial charge in [0.2, 0.25) is 0 Å². The Morgan fingerprint density at radius 2 is 2.07 bits per heavy atom. The molecule has 84 valence electrons. The number of H-pyrrole nitrogens is 1. The minimum absolute atomic E-state index is 0.216. The fraction of sp³-hybridized carbons (Fsp3) is 0.818. The van der Waals surface area contributed by atoms with Crippen molar-refractivity contribution >= 4 is 0 Å². The Kier molecular flexibility index (Phi) is 2.78. The zero-order valence-electron chi connectivity index (χ0n) is 9.58. The molecule has 3 N–H and O–H groups in total. The number of rotatable bonds is 3. The van der Waals surface area contributed by atoms with Gasteiger partial charge in [0.15, 0.2) is 5.82 Å². The number of nitrogens with zero attached hydrogens (tertiary/aromatic N) is 2. The van der Waals surface area contributed by atoms with Crippen molar-refractivity contribution in [2.45, 2.75) is 57.4 Å². The van der Waals surface area contributed by atoms with Gasteiger partial charge in [-0.3, -0.25) is 5.10 Å². The van der Waals surface area contributed by atoms with E-state index in [0.29, 0.717) is 5.92 Å². The van der Waals surface area contributed by atoms with Gasteiger partial charge in [0.1, 0.15) is 5.82 Å². The Balaban J connectivity index is 2.03. The van der Waals surface area contributed by atoms with E-state index in [-0.39, 0.29) is 5.54 Å². The van der Waals surface area contributed by atoms with Gasteiger partial charge < -0.3 is 5.73 Å². The van der Waals surface area contributed by atoms with E-state index in [1.54, 1.807) is 0 Å². The molecule has 2 rings (SSSR count). The monoisotopic (exact) mass is 208 g/mol. The van der Waals surface area contributed by atoms with Crippen LogP contribution in [0.5, 0.6) is 0 Å². The van der Waals surface area contributed by atoms with Crippen molar-refractivity contribution in [3.8, 4) is 0 Å². The van der Waals surface area contributed by atoms with Crippen LogP contribution in [0.25, 0.3) is 0 Å². The summed E-state index contributed by atoms with van der Waals surface area (Å²) >= 11 is 0. The fourth-order valence-electron chi connectivity index (χ4n) is 2.19. The van der Waals surface area contributed by atoms with Crippen LogP contribution in [-0.2, 0) is 6.42 Å². The van der Waals surface area contributed by atoms with Crippen LogP contribution in [0.2, 0.25) is 0 Å². The lowest BCUT2D eigenvalue weighted by atomic mass is 10.0. The fourth-order valence-corrected chi connectivity index (χ4v) is 2.19. The molecule has 0 spiro atoms. The van der Waals surface area contributed by atoms with Gasteiger partial charge in [-0.25, -0.2) is 4.98 Å². The molecule has 0 atom stereocenters. The van der Waals surface area contributed by atoms with Gasteiger partial charge in [-0.1, -0.05) is 12.8 Å². The van der Waals surface area contributed by atoms with E-state index in [9.17, 15) is 0 Å². The highest BCUT2D eigenvalue weighted by atomic mass is 15.2. The van der Waals surface area contributed by atoms with Crippen LogP contribution < -0.4 is 5.73 Å². The summed E-state index contributed by atoms with van der Waals surface area (Å²) in [5, 5.41) is 7.29. The van der Waals surface area contributed by atoms with E-state index in [0.717, 1.165) is 18.1 Å². The minimum Gasteiger partial charge on any atom is -0.325 e. The second kappa shape index (κ2) is 3.93. The predicted molar refractivity (Wildman–Crippen MR) is 59.6 cm³/mol. The number of nitrogens with one attached hydrogen (secondary N) is 1. The van der Waals surface area contributed by atoms with E-state index in [1.807, 2.05) is 13.8 Å². The molecular weight excluding hydrogens is 188 g/mol. The highest BCUT2D eigenvalue weighted by Crippen LogP contribution is 2.31. The summed E-state index contributed by atoms with van der Waals surface area (Å²) in [6.07, 6.45) is 5.87. The largest absolute Gasteiger partial charge is 0.325 e. The van der Waals surface area contributed by atoms with Gasteiger partial charge in [0, 0.05) is 17.9 Å². The van der Waals surface area contributed by atoms with Crippen molar-refractivity contribution in [2.24, 2.45) is 5.73 Å². The van der Waals surface area contributed by atoms with E-state index in [1.165, 1.54) is 25.7 Å². The summed E-state index contributed by atoms with van der Waals surface area (Å²) in [4.78, 5) is 4.53. The number of hydrogen-bond donors (Lipinski definition) is 2. The molecule has 0 aromatic carbocycles. The summed E-state index contributed by atoms with van der Waals surface area (Å²) in [6.45, 7) is 4.01. The second-order valence-corrected chi connectivity index (χ2v) is 5.29. The van der Waals surface area contributed by atoms with Crippen LogP contribution in [0, 0.1) is 0 Å². The van der Waals surface area contributed by atoms with Crippen LogP contribution in [0.15, 0.2) is 0 Å². The first-order chi connectivity index (χ1) is 7.04. The number of nitrogens with two attached hydrogens (primary N) is 1. The molecule has 0 unspecified atom stereocenters. The molecule has 1 saturated carbocycles. The van der Waals surface area contributed by atoms with Gasteiger partial charge in [-0.2, -0.15) is 5.10 Å². The molecule has 0 saturated heterocycles. The van der Waals surface area contributed by atoms with Gasteiger partial charge in [0.05, 0.1) is 0 Å². The van der Waals surface area contributed by atoms with Crippen molar-refractivity contribution in [1.29, 1.82) is 0 Å². The quantitative estimate of drug-likeness (QED) is 0.795. The maximum absolute atomic E-state index is 5.94. The molecular formula is C11H20N4. The van der Waals surface area contributed by atoms with E-state index in [4.69, 9.17) is 5.73 Å². The zero-order chi connectivity index (χ0) is 10.9. The summed E-state index contributed by atoms with van der Waals surface area (Å²) < 4.78 is 0. The van der Waals surface area contributed by atoms with Gasteiger partial charge in [0.25, 0.3) is 0 Å². The highest BCUT2D eigenvalue weighted by molar-refractivity contribution is 5.02. The molecule has 0 bridgehead atoms. The minimum atomic E-state index is -0.216. The summed E-state index contributed by atoms with van der Waals surface area (Å²) in [5.41, 5.74) is 5.73. The Morgan fingerprint density at radius 3 is 2.67 bits per heavy atom. The molecule has 1 aromatic heterocycles. The first-order valence-corrected chi connectivity index (χ1v) is 5.75. The third-order valence-electron chi connectivity index (χ3n) is 2.89. The molecule has 4 heteroatoms. The lowest BCUT2D eigenvalue weighted by Gasteiger charge is -2.15. The number of aromatic amines is 1. The SMILES string of the molecule is CC(C)(N)Cc1nc(C2CCCC2)n[nH]1. The normalized spacial score (nSPS) is 18.6. The zero-order valence-corrected chi connectivity index (χ0v) is 9.58. The van der Waals surface area contributed by atoms with Gasteiger partial charge >= 0.3 is 0 Å². The molecule has 15 heavy (non-hydrogen) atoms. The third-order valence-corrected chi connectivity index (χ3v) is 2.89. The maximum Gasteiger partial charge on any atom is 0.153 e. The standard InChI is InChI=1S/C11H20N4/c1-11(2,12)7-9-13-10(15-14-9)8-5-3-4-6-8/h8H,3-7,12H2,1-2H3,(H,13,14,15). The molecule has 1 aliphatic rings. The summed E-state index contributed by atoms with van der Waals surface area (Å²) in [7, 11) is 0. The Labute approximate surface area is 90.7 Å². The molecule has 0 aliphatic heterocycles. The van der Waals surface area contributed by atoms with Crippen LogP contribution in [0.4, 0.5) is 0 Å². The van der Waals surface area contributed by atoms with Crippen molar-refractivity contribution in [3.05, 3.63) is 11.6 Å². The molecule has 1 fully saturated rings. The van der Waals surface area contributed by atoms with Crippen molar-refractivity contribution in [2.75, 3.05) is 0 Å². The number of hydrogen-bond acceptors (Lipinski definition) is 3. The molecule has 0 amide bonds. The molecule has 1 aromatic rings. The van der Waals surface area contributed by atoms with Crippen molar-refractivity contribution in [1.82, 2.24) is 15.2 Å². The molecule has 1 aliphatic carbocycles. The first kappa shape index (κ1) is 10.6.